The van der Waals surface area contributed by atoms with E-state index in [1.165, 1.54) is 5.56 Å². The van der Waals surface area contributed by atoms with Gasteiger partial charge >= 0.3 is 0 Å². The average molecular weight is 229 g/mol. The third-order valence-corrected chi connectivity index (χ3v) is 3.63. The second kappa shape index (κ2) is 3.85. The van der Waals surface area contributed by atoms with Gasteiger partial charge in [0.2, 0.25) is 0 Å². The number of hydrogen-bond donors (Lipinski definition) is 1. The van der Waals surface area contributed by atoms with Crippen molar-refractivity contribution >= 4 is 0 Å². The molecular formula is C15H19NO. The van der Waals surface area contributed by atoms with Gasteiger partial charge in [-0.25, -0.2) is 0 Å². The monoisotopic (exact) mass is 229 g/mol. The van der Waals surface area contributed by atoms with Gasteiger partial charge in [0.05, 0.1) is 17.6 Å². The molecule has 0 heterocycles. The number of hydrogen-bond acceptors (Lipinski definition) is 2. The van der Waals surface area contributed by atoms with Crippen LogP contribution in [0.5, 0.6) is 0 Å². The SMILES string of the molecule is CC(C)(C)c1ccc(C(O)C2(C#N)CC2)cc1. The number of nitrogens with zero attached hydrogens (tertiary/aromatic N) is 1. The van der Waals surface area contributed by atoms with Crippen LogP contribution in [0.1, 0.15) is 50.8 Å². The molecule has 1 aromatic rings. The average Bonchev–Trinajstić information content (AvgIpc) is 3.08. The molecule has 1 aromatic carbocycles. The highest BCUT2D eigenvalue weighted by Crippen LogP contribution is 2.54. The molecule has 2 nitrogen and oxygen atoms in total. The van der Waals surface area contributed by atoms with Crippen molar-refractivity contribution in [1.82, 2.24) is 0 Å². The molecule has 17 heavy (non-hydrogen) atoms. The van der Waals surface area contributed by atoms with E-state index in [0.29, 0.717) is 0 Å². The Morgan fingerprint density at radius 3 is 2.12 bits per heavy atom. The summed E-state index contributed by atoms with van der Waals surface area (Å²) in [5, 5.41) is 19.2. The van der Waals surface area contributed by atoms with Crippen LogP contribution in [-0.4, -0.2) is 5.11 Å². The normalized spacial score (nSPS) is 19.5. The van der Waals surface area contributed by atoms with E-state index in [1.807, 2.05) is 24.3 Å². The van der Waals surface area contributed by atoms with Gasteiger partial charge in [-0.05, 0) is 29.4 Å². The highest BCUT2D eigenvalue weighted by Gasteiger charge is 2.50. The van der Waals surface area contributed by atoms with E-state index >= 15 is 0 Å². The molecule has 0 amide bonds. The third-order valence-electron chi connectivity index (χ3n) is 3.63. The Morgan fingerprint density at radius 2 is 1.76 bits per heavy atom. The molecule has 1 saturated carbocycles. The molecule has 1 aliphatic carbocycles. The maximum Gasteiger partial charge on any atom is 0.0976 e. The maximum absolute atomic E-state index is 10.2. The molecule has 1 atom stereocenters. The molecule has 0 saturated heterocycles. The van der Waals surface area contributed by atoms with Crippen molar-refractivity contribution in [2.75, 3.05) is 0 Å². The first-order valence-electron chi connectivity index (χ1n) is 6.09. The van der Waals surface area contributed by atoms with E-state index in [9.17, 15) is 5.11 Å². The van der Waals surface area contributed by atoms with Gasteiger partial charge in [-0.2, -0.15) is 5.26 Å². The molecule has 90 valence electrons. The Bertz CT molecular complexity index is 443. The van der Waals surface area contributed by atoms with E-state index in [1.54, 1.807) is 0 Å². The molecule has 1 unspecified atom stereocenters. The largest absolute Gasteiger partial charge is 0.387 e. The zero-order chi connectivity index (χ0) is 12.7. The quantitative estimate of drug-likeness (QED) is 0.845. The highest BCUT2D eigenvalue weighted by atomic mass is 16.3. The van der Waals surface area contributed by atoms with Crippen molar-refractivity contribution in [2.24, 2.45) is 5.41 Å². The molecule has 1 N–H and O–H groups in total. The van der Waals surface area contributed by atoms with Gasteiger partial charge in [0.15, 0.2) is 0 Å². The van der Waals surface area contributed by atoms with Crippen molar-refractivity contribution in [3.63, 3.8) is 0 Å². The Morgan fingerprint density at radius 1 is 1.24 bits per heavy atom. The fraction of sp³-hybridized carbons (Fsp3) is 0.533. The minimum atomic E-state index is -0.637. The van der Waals surface area contributed by atoms with Crippen LogP contribution in [0.25, 0.3) is 0 Å². The summed E-state index contributed by atoms with van der Waals surface area (Å²) in [5.41, 5.74) is 1.71. The van der Waals surface area contributed by atoms with E-state index in [2.05, 4.69) is 26.8 Å². The number of nitriles is 1. The van der Waals surface area contributed by atoms with E-state index in [-0.39, 0.29) is 5.41 Å². The molecule has 0 radical (unpaired) electrons. The summed E-state index contributed by atoms with van der Waals surface area (Å²) in [6, 6.07) is 10.2. The molecule has 0 aromatic heterocycles. The summed E-state index contributed by atoms with van der Waals surface area (Å²) in [6.45, 7) is 6.49. The molecule has 0 aliphatic heterocycles. The smallest absolute Gasteiger partial charge is 0.0976 e. The fourth-order valence-corrected chi connectivity index (χ4v) is 2.07. The van der Waals surface area contributed by atoms with Gasteiger partial charge in [0.1, 0.15) is 0 Å². The topological polar surface area (TPSA) is 44.0 Å². The molecule has 0 bridgehead atoms. The third kappa shape index (κ3) is 2.21. The lowest BCUT2D eigenvalue weighted by molar-refractivity contribution is 0.123. The van der Waals surface area contributed by atoms with Crippen LogP contribution in [0.15, 0.2) is 24.3 Å². The maximum atomic E-state index is 10.2. The summed E-state index contributed by atoms with van der Waals surface area (Å²) in [6.07, 6.45) is 0.985. The lowest BCUT2D eigenvalue weighted by atomic mass is 9.85. The summed E-state index contributed by atoms with van der Waals surface area (Å²) >= 11 is 0. The van der Waals surface area contributed by atoms with Crippen molar-refractivity contribution in [1.29, 1.82) is 5.26 Å². The summed E-state index contributed by atoms with van der Waals surface area (Å²) in [7, 11) is 0. The summed E-state index contributed by atoms with van der Waals surface area (Å²) in [5.74, 6) is 0. The second-order valence-electron chi connectivity index (χ2n) is 6.04. The Hall–Kier alpha value is -1.33. The molecule has 2 rings (SSSR count). The fourth-order valence-electron chi connectivity index (χ4n) is 2.07. The molecule has 2 heteroatoms. The van der Waals surface area contributed by atoms with Crippen molar-refractivity contribution in [3.05, 3.63) is 35.4 Å². The van der Waals surface area contributed by atoms with Crippen LogP contribution in [0.3, 0.4) is 0 Å². The van der Waals surface area contributed by atoms with Crippen LogP contribution in [-0.2, 0) is 5.41 Å². The minimum absolute atomic E-state index is 0.121. The van der Waals surface area contributed by atoms with Crippen molar-refractivity contribution in [3.8, 4) is 6.07 Å². The predicted molar refractivity (Wildman–Crippen MR) is 67.4 cm³/mol. The van der Waals surface area contributed by atoms with Gasteiger partial charge in [-0.3, -0.25) is 0 Å². The summed E-state index contributed by atoms with van der Waals surface area (Å²) < 4.78 is 0. The predicted octanol–water partition coefficient (Wildman–Crippen LogP) is 3.32. The van der Waals surface area contributed by atoms with E-state index < -0.39 is 11.5 Å². The Labute approximate surface area is 103 Å². The van der Waals surface area contributed by atoms with Crippen LogP contribution < -0.4 is 0 Å². The molecule has 1 fully saturated rings. The van der Waals surface area contributed by atoms with Crippen molar-refractivity contribution in [2.45, 2.75) is 45.1 Å². The Balaban J connectivity index is 2.22. The molecule has 0 spiro atoms. The number of rotatable bonds is 2. The van der Waals surface area contributed by atoms with Crippen LogP contribution in [0.2, 0.25) is 0 Å². The molecule has 1 aliphatic rings. The van der Waals surface area contributed by atoms with E-state index in [0.717, 1.165) is 18.4 Å². The summed E-state index contributed by atoms with van der Waals surface area (Å²) in [4.78, 5) is 0. The van der Waals surface area contributed by atoms with Gasteiger partial charge in [0.25, 0.3) is 0 Å². The van der Waals surface area contributed by atoms with Gasteiger partial charge in [-0.15, -0.1) is 0 Å². The lowest BCUT2D eigenvalue weighted by Gasteiger charge is -2.21. The lowest BCUT2D eigenvalue weighted by Crippen LogP contribution is -2.13. The highest BCUT2D eigenvalue weighted by molar-refractivity contribution is 5.32. The first kappa shape index (κ1) is 12.1. The van der Waals surface area contributed by atoms with Crippen LogP contribution in [0, 0.1) is 16.7 Å². The van der Waals surface area contributed by atoms with Gasteiger partial charge < -0.3 is 5.11 Å². The second-order valence-corrected chi connectivity index (χ2v) is 6.04. The van der Waals surface area contributed by atoms with Crippen LogP contribution >= 0.6 is 0 Å². The van der Waals surface area contributed by atoms with Crippen LogP contribution in [0.4, 0.5) is 0 Å². The number of aliphatic hydroxyl groups is 1. The van der Waals surface area contributed by atoms with Gasteiger partial charge in [-0.1, -0.05) is 45.0 Å². The van der Waals surface area contributed by atoms with Crippen molar-refractivity contribution < 1.29 is 5.11 Å². The first-order chi connectivity index (χ1) is 7.89. The zero-order valence-electron chi connectivity index (χ0n) is 10.7. The minimum Gasteiger partial charge on any atom is -0.387 e. The zero-order valence-corrected chi connectivity index (χ0v) is 10.7. The van der Waals surface area contributed by atoms with Gasteiger partial charge in [0, 0.05) is 0 Å². The number of aliphatic hydroxyl groups excluding tert-OH is 1. The van der Waals surface area contributed by atoms with E-state index in [4.69, 9.17) is 5.26 Å². The first-order valence-corrected chi connectivity index (χ1v) is 6.09. The standard InChI is InChI=1S/C15H19NO/c1-14(2,3)12-6-4-11(5-7-12)13(17)15(10-16)8-9-15/h4-7,13,17H,8-9H2,1-3H3. The number of benzene rings is 1. The molecular weight excluding hydrogens is 210 g/mol. The Kier molecular flexibility index (Phi) is 2.75.